The van der Waals surface area contributed by atoms with Gasteiger partial charge in [-0.15, -0.1) is 0 Å². The van der Waals surface area contributed by atoms with Crippen LogP contribution < -0.4 is 28.3 Å². The standard InChI is InChI=1S/C6H16N2O8S3.Li/c1-5(8-17(2,10)11)19(15,16)7-3-6(9)4-18(12,13)14;/h5-9H,3-4H2,1-2H3,(H,12,13,14);/q;+1/p-1. The van der Waals surface area contributed by atoms with Crippen molar-refractivity contribution in [1.82, 2.24) is 9.44 Å². The van der Waals surface area contributed by atoms with Crippen LogP contribution in [0.1, 0.15) is 6.92 Å². The molecule has 0 spiro atoms. The van der Waals surface area contributed by atoms with Crippen LogP contribution in [0.5, 0.6) is 0 Å². The Balaban J connectivity index is 0. The fourth-order valence-corrected chi connectivity index (χ4v) is 3.89. The second-order valence-corrected chi connectivity index (χ2v) is 9.12. The summed E-state index contributed by atoms with van der Waals surface area (Å²) in [4.78, 5) is 0. The molecule has 0 saturated heterocycles. The Morgan fingerprint density at radius 1 is 1.15 bits per heavy atom. The fourth-order valence-electron chi connectivity index (χ4n) is 0.997. The second kappa shape index (κ2) is 8.06. The Morgan fingerprint density at radius 2 is 1.60 bits per heavy atom. The predicted octanol–water partition coefficient (Wildman–Crippen LogP) is -6.29. The van der Waals surface area contributed by atoms with Gasteiger partial charge in [-0.3, -0.25) is 0 Å². The van der Waals surface area contributed by atoms with Gasteiger partial charge in [0.05, 0.1) is 28.2 Å². The molecule has 0 bridgehead atoms. The van der Waals surface area contributed by atoms with Crippen molar-refractivity contribution in [3.8, 4) is 0 Å². The Kier molecular flexibility index (Phi) is 9.10. The van der Waals surface area contributed by atoms with E-state index in [1.54, 1.807) is 9.44 Å². The number of rotatable bonds is 8. The van der Waals surface area contributed by atoms with Gasteiger partial charge >= 0.3 is 18.9 Å². The first-order valence-corrected chi connectivity index (χ1v) is 9.82. The molecule has 0 aliphatic heterocycles. The van der Waals surface area contributed by atoms with E-state index in [0.29, 0.717) is 0 Å². The van der Waals surface area contributed by atoms with Crippen LogP contribution in [-0.2, 0) is 30.2 Å². The van der Waals surface area contributed by atoms with Crippen LogP contribution in [0, 0.1) is 0 Å². The molecule has 0 saturated carbocycles. The molecule has 10 nitrogen and oxygen atoms in total. The molecule has 20 heavy (non-hydrogen) atoms. The predicted molar refractivity (Wildman–Crippen MR) is 64.9 cm³/mol. The molecule has 0 radical (unpaired) electrons. The maximum absolute atomic E-state index is 11.5. The van der Waals surface area contributed by atoms with Crippen molar-refractivity contribution in [2.45, 2.75) is 18.4 Å². The van der Waals surface area contributed by atoms with E-state index >= 15 is 0 Å². The summed E-state index contributed by atoms with van der Waals surface area (Å²) in [7, 11) is -12.6. The Morgan fingerprint density at radius 3 is 1.95 bits per heavy atom. The van der Waals surface area contributed by atoms with Crippen LogP contribution in [0.2, 0.25) is 0 Å². The molecule has 0 fully saturated rings. The van der Waals surface area contributed by atoms with Gasteiger partial charge in [-0.05, 0) is 6.92 Å². The van der Waals surface area contributed by atoms with Crippen molar-refractivity contribution in [1.29, 1.82) is 0 Å². The smallest absolute Gasteiger partial charge is 0.748 e. The van der Waals surface area contributed by atoms with E-state index in [4.69, 9.17) is 5.11 Å². The number of hydrogen-bond donors (Lipinski definition) is 3. The zero-order valence-corrected chi connectivity index (χ0v) is 13.5. The monoisotopic (exact) mass is 346 g/mol. The normalized spacial score (nSPS) is 16.2. The van der Waals surface area contributed by atoms with Crippen LogP contribution in [-0.4, -0.2) is 64.9 Å². The third kappa shape index (κ3) is 11.0. The number of aliphatic hydroxyl groups excluding tert-OH is 1. The number of nitrogens with one attached hydrogen (secondary N) is 2. The Labute approximate surface area is 130 Å². The largest absolute Gasteiger partial charge is 1.00 e. The summed E-state index contributed by atoms with van der Waals surface area (Å²) in [5, 5.41) is 7.60. The van der Waals surface area contributed by atoms with Gasteiger partial charge in [0.15, 0.2) is 0 Å². The molecule has 0 aromatic heterocycles. The van der Waals surface area contributed by atoms with E-state index in [2.05, 4.69) is 0 Å². The third-order valence-corrected chi connectivity index (χ3v) is 5.10. The first-order chi connectivity index (χ1) is 8.23. The van der Waals surface area contributed by atoms with Crippen LogP contribution in [0.3, 0.4) is 0 Å². The average molecular weight is 346 g/mol. The van der Waals surface area contributed by atoms with Gasteiger partial charge in [-0.1, -0.05) is 0 Å². The molecule has 0 heterocycles. The number of sulfonamides is 2. The summed E-state index contributed by atoms with van der Waals surface area (Å²) in [5.41, 5.74) is 0. The Hall–Kier alpha value is 0.287. The number of aliphatic hydroxyl groups is 1. The molecule has 14 heteroatoms. The van der Waals surface area contributed by atoms with Crippen LogP contribution in [0.25, 0.3) is 0 Å². The third-order valence-electron chi connectivity index (χ3n) is 1.76. The molecule has 0 aromatic rings. The fraction of sp³-hybridized carbons (Fsp3) is 1.00. The molecular formula is C6H15LiN2O8S3. The van der Waals surface area contributed by atoms with Crippen molar-refractivity contribution < 1.29 is 53.8 Å². The van der Waals surface area contributed by atoms with Gasteiger partial charge in [-0.2, -0.15) is 4.72 Å². The zero-order chi connectivity index (χ0) is 15.5. The van der Waals surface area contributed by atoms with Crippen molar-refractivity contribution in [2.24, 2.45) is 0 Å². The minimum Gasteiger partial charge on any atom is -0.748 e. The number of hydrogen-bond acceptors (Lipinski definition) is 8. The van der Waals surface area contributed by atoms with Gasteiger partial charge in [0, 0.05) is 6.54 Å². The van der Waals surface area contributed by atoms with Gasteiger partial charge in [0.1, 0.15) is 5.37 Å². The summed E-state index contributed by atoms with van der Waals surface area (Å²) >= 11 is 0. The van der Waals surface area contributed by atoms with Crippen molar-refractivity contribution >= 4 is 30.2 Å². The maximum Gasteiger partial charge on any atom is 1.00 e. The SMILES string of the molecule is CC(NS(C)(=O)=O)S(=O)(=O)NCC(O)CS(=O)(=O)[O-].[Li+]. The molecule has 0 amide bonds. The maximum atomic E-state index is 11.5. The van der Waals surface area contributed by atoms with Gasteiger partial charge in [0.2, 0.25) is 20.0 Å². The van der Waals surface area contributed by atoms with Crippen LogP contribution in [0.15, 0.2) is 0 Å². The van der Waals surface area contributed by atoms with Crippen molar-refractivity contribution in [3.05, 3.63) is 0 Å². The van der Waals surface area contributed by atoms with Crippen molar-refractivity contribution in [2.75, 3.05) is 18.6 Å². The molecule has 2 unspecified atom stereocenters. The quantitative estimate of drug-likeness (QED) is 0.288. The van der Waals surface area contributed by atoms with E-state index in [1.165, 1.54) is 0 Å². The van der Waals surface area contributed by atoms with Crippen LogP contribution >= 0.6 is 0 Å². The summed E-state index contributed by atoms with van der Waals surface area (Å²) in [6, 6.07) is 0. The minimum atomic E-state index is -4.69. The minimum absolute atomic E-state index is 0. The van der Waals surface area contributed by atoms with E-state index < -0.39 is 53.9 Å². The van der Waals surface area contributed by atoms with E-state index in [1.807, 2.05) is 0 Å². The molecule has 2 atom stereocenters. The van der Waals surface area contributed by atoms with Gasteiger partial charge in [-0.25, -0.2) is 30.0 Å². The Bertz CT molecular complexity index is 598. The molecule has 3 N–H and O–H groups in total. The van der Waals surface area contributed by atoms with E-state index in [-0.39, 0.29) is 18.9 Å². The van der Waals surface area contributed by atoms with Gasteiger partial charge < -0.3 is 9.66 Å². The molecule has 0 aromatic carbocycles. The summed E-state index contributed by atoms with van der Waals surface area (Å²) in [5.74, 6) is -1.15. The molecule has 0 aliphatic carbocycles. The van der Waals surface area contributed by atoms with Crippen LogP contribution in [0.4, 0.5) is 0 Å². The molecule has 0 aliphatic rings. The molecule has 0 rings (SSSR count). The van der Waals surface area contributed by atoms with E-state index in [0.717, 1.165) is 13.2 Å². The van der Waals surface area contributed by atoms with Gasteiger partial charge in [0.25, 0.3) is 0 Å². The average Bonchev–Trinajstić information content (AvgIpc) is 2.09. The van der Waals surface area contributed by atoms with E-state index in [9.17, 15) is 29.8 Å². The molecule has 116 valence electrons. The second-order valence-electron chi connectivity index (χ2n) is 3.80. The zero-order valence-electron chi connectivity index (χ0n) is 11.1. The van der Waals surface area contributed by atoms with Crippen molar-refractivity contribution in [3.63, 3.8) is 0 Å². The molecular weight excluding hydrogens is 331 g/mol. The summed E-state index contributed by atoms with van der Waals surface area (Å²) in [6.45, 7) is 0.319. The first-order valence-electron chi connectivity index (χ1n) is 4.80. The topological polar surface area (TPSA) is 170 Å². The first kappa shape index (κ1) is 22.6. The summed E-state index contributed by atoms with van der Waals surface area (Å²) in [6.07, 6.45) is -0.958. The summed E-state index contributed by atoms with van der Waals surface area (Å²) < 4.78 is 79.2.